The van der Waals surface area contributed by atoms with E-state index in [1.54, 1.807) is 12.1 Å². The Morgan fingerprint density at radius 1 is 0.968 bits per heavy atom. The highest BCUT2D eigenvalue weighted by molar-refractivity contribution is 7.92. The van der Waals surface area contributed by atoms with Gasteiger partial charge in [-0.1, -0.05) is 12.1 Å². The van der Waals surface area contributed by atoms with Crippen LogP contribution in [0.3, 0.4) is 0 Å². The second-order valence-electron chi connectivity index (χ2n) is 6.42. The van der Waals surface area contributed by atoms with E-state index in [1.807, 2.05) is 6.92 Å². The molecule has 6 nitrogen and oxygen atoms in total. The van der Waals surface area contributed by atoms with Crippen molar-refractivity contribution in [3.8, 4) is 5.75 Å². The van der Waals surface area contributed by atoms with E-state index < -0.39 is 34.1 Å². The first-order valence-corrected chi connectivity index (χ1v) is 10.8. The summed E-state index contributed by atoms with van der Waals surface area (Å²) in [6.07, 6.45) is 0. The van der Waals surface area contributed by atoms with Crippen molar-refractivity contribution in [3.05, 3.63) is 84.4 Å². The zero-order valence-corrected chi connectivity index (χ0v) is 17.4. The summed E-state index contributed by atoms with van der Waals surface area (Å²) in [5, 5.41) is 2.37. The number of para-hydroxylation sites is 1. The zero-order chi connectivity index (χ0) is 22.4. The molecule has 0 atom stereocenters. The van der Waals surface area contributed by atoms with E-state index in [2.05, 4.69) is 5.32 Å². The van der Waals surface area contributed by atoms with Gasteiger partial charge in [0.15, 0.2) is 0 Å². The molecule has 1 amide bonds. The minimum atomic E-state index is -4.22. The van der Waals surface area contributed by atoms with Gasteiger partial charge >= 0.3 is 0 Å². The number of sulfonamides is 1. The minimum Gasteiger partial charge on any atom is -0.494 e. The summed E-state index contributed by atoms with van der Waals surface area (Å²) in [7, 11) is -4.22. The molecular formula is C22H20F2N2O4S. The summed E-state index contributed by atoms with van der Waals surface area (Å²) in [4.78, 5) is 12.4. The van der Waals surface area contributed by atoms with Crippen molar-refractivity contribution in [2.24, 2.45) is 0 Å². The van der Waals surface area contributed by atoms with Gasteiger partial charge in [-0.3, -0.25) is 9.10 Å². The first-order valence-electron chi connectivity index (χ1n) is 9.37. The summed E-state index contributed by atoms with van der Waals surface area (Å²) in [6, 6.07) is 15.9. The van der Waals surface area contributed by atoms with Crippen LogP contribution in [0.5, 0.6) is 5.75 Å². The Morgan fingerprint density at radius 2 is 1.61 bits per heavy atom. The van der Waals surface area contributed by atoms with Crippen molar-refractivity contribution in [1.29, 1.82) is 0 Å². The number of rotatable bonds is 8. The smallest absolute Gasteiger partial charge is 0.264 e. The molecule has 1 N–H and O–H groups in total. The predicted molar refractivity (Wildman–Crippen MR) is 114 cm³/mol. The fourth-order valence-corrected chi connectivity index (χ4v) is 4.23. The molecule has 0 saturated heterocycles. The van der Waals surface area contributed by atoms with Gasteiger partial charge in [0.1, 0.15) is 23.9 Å². The van der Waals surface area contributed by atoms with Gasteiger partial charge in [0.05, 0.1) is 22.9 Å². The number of carbonyl (C=O) groups is 1. The quantitative estimate of drug-likeness (QED) is 0.563. The molecule has 31 heavy (non-hydrogen) atoms. The summed E-state index contributed by atoms with van der Waals surface area (Å²) < 4.78 is 59.8. The van der Waals surface area contributed by atoms with Crippen LogP contribution in [-0.2, 0) is 14.8 Å². The average molecular weight is 446 g/mol. The third kappa shape index (κ3) is 5.37. The zero-order valence-electron chi connectivity index (χ0n) is 16.6. The highest BCUT2D eigenvalue weighted by atomic mass is 32.2. The Balaban J connectivity index is 1.94. The molecule has 162 valence electrons. The SMILES string of the molecule is CCOc1ccc(N(CC(=O)Nc2ccccc2F)S(=O)(=O)c2ccc(F)cc2)cc1. The van der Waals surface area contributed by atoms with Gasteiger partial charge in [-0.05, 0) is 67.6 Å². The Bertz CT molecular complexity index is 1150. The third-order valence-electron chi connectivity index (χ3n) is 4.27. The fraction of sp³-hybridized carbons (Fsp3) is 0.136. The van der Waals surface area contributed by atoms with Crippen LogP contribution in [0, 0.1) is 11.6 Å². The van der Waals surface area contributed by atoms with Crippen LogP contribution in [0.4, 0.5) is 20.2 Å². The fourth-order valence-electron chi connectivity index (χ4n) is 2.81. The van der Waals surface area contributed by atoms with Gasteiger partial charge in [0.2, 0.25) is 5.91 Å². The van der Waals surface area contributed by atoms with Gasteiger partial charge < -0.3 is 10.1 Å². The molecule has 9 heteroatoms. The molecule has 0 bridgehead atoms. The molecule has 0 heterocycles. The number of nitrogens with one attached hydrogen (secondary N) is 1. The maximum absolute atomic E-state index is 13.9. The number of halogens is 2. The van der Waals surface area contributed by atoms with Crippen LogP contribution in [0.15, 0.2) is 77.7 Å². The number of ether oxygens (including phenoxy) is 1. The monoisotopic (exact) mass is 446 g/mol. The van der Waals surface area contributed by atoms with E-state index in [-0.39, 0.29) is 16.3 Å². The largest absolute Gasteiger partial charge is 0.494 e. The standard InChI is InChI=1S/C22H20F2N2O4S/c1-2-30-18-11-9-17(10-12-18)26(31(28,29)19-13-7-16(23)8-14-19)15-22(27)25-21-6-4-3-5-20(21)24/h3-14H,2,15H2,1H3,(H,25,27). The van der Waals surface area contributed by atoms with E-state index in [4.69, 9.17) is 4.74 Å². The molecule has 0 aromatic heterocycles. The molecule has 0 fully saturated rings. The van der Waals surface area contributed by atoms with E-state index in [0.717, 1.165) is 28.6 Å². The highest BCUT2D eigenvalue weighted by Crippen LogP contribution is 2.26. The molecular weight excluding hydrogens is 426 g/mol. The molecule has 0 aliphatic heterocycles. The second-order valence-corrected chi connectivity index (χ2v) is 8.28. The van der Waals surface area contributed by atoms with Crippen LogP contribution in [-0.4, -0.2) is 27.5 Å². The lowest BCUT2D eigenvalue weighted by molar-refractivity contribution is -0.114. The summed E-state index contributed by atoms with van der Waals surface area (Å²) in [6.45, 7) is 1.62. The molecule has 3 rings (SSSR count). The average Bonchev–Trinajstić information content (AvgIpc) is 2.75. The maximum atomic E-state index is 13.9. The van der Waals surface area contributed by atoms with Crippen LogP contribution < -0.4 is 14.4 Å². The second kappa shape index (κ2) is 9.57. The third-order valence-corrected chi connectivity index (χ3v) is 6.06. The van der Waals surface area contributed by atoms with Crippen molar-refractivity contribution >= 4 is 27.3 Å². The van der Waals surface area contributed by atoms with Gasteiger partial charge in [-0.15, -0.1) is 0 Å². The normalized spacial score (nSPS) is 11.1. The number of hydrogen-bond acceptors (Lipinski definition) is 4. The summed E-state index contributed by atoms with van der Waals surface area (Å²) in [5.74, 6) is -1.46. The van der Waals surface area contributed by atoms with E-state index in [0.29, 0.717) is 12.4 Å². The lowest BCUT2D eigenvalue weighted by Gasteiger charge is -2.24. The molecule has 0 saturated carbocycles. The summed E-state index contributed by atoms with van der Waals surface area (Å²) in [5.41, 5.74) is 0.120. The molecule has 3 aromatic rings. The number of anilines is 2. The number of benzene rings is 3. The molecule has 0 spiro atoms. The lowest BCUT2D eigenvalue weighted by Crippen LogP contribution is -2.38. The molecule has 3 aromatic carbocycles. The Labute approximate surface area is 179 Å². The van der Waals surface area contributed by atoms with Crippen LogP contribution in [0.1, 0.15) is 6.92 Å². The van der Waals surface area contributed by atoms with E-state index >= 15 is 0 Å². The Kier molecular flexibility index (Phi) is 6.86. The lowest BCUT2D eigenvalue weighted by atomic mass is 10.3. The van der Waals surface area contributed by atoms with Gasteiger partial charge in [0, 0.05) is 0 Å². The van der Waals surface area contributed by atoms with Crippen molar-refractivity contribution in [2.75, 3.05) is 22.8 Å². The van der Waals surface area contributed by atoms with Crippen molar-refractivity contribution in [1.82, 2.24) is 0 Å². The number of hydrogen-bond donors (Lipinski definition) is 1. The summed E-state index contributed by atoms with van der Waals surface area (Å²) >= 11 is 0. The number of nitrogens with zero attached hydrogens (tertiary/aromatic N) is 1. The minimum absolute atomic E-state index is 0.0710. The Hall–Kier alpha value is -3.46. The van der Waals surface area contributed by atoms with Crippen LogP contribution >= 0.6 is 0 Å². The predicted octanol–water partition coefficient (Wildman–Crippen LogP) is 4.20. The maximum Gasteiger partial charge on any atom is 0.264 e. The van der Waals surface area contributed by atoms with Crippen LogP contribution in [0.2, 0.25) is 0 Å². The van der Waals surface area contributed by atoms with E-state index in [1.165, 1.54) is 36.4 Å². The topological polar surface area (TPSA) is 75.7 Å². The van der Waals surface area contributed by atoms with Crippen molar-refractivity contribution < 1.29 is 26.7 Å². The van der Waals surface area contributed by atoms with Gasteiger partial charge in [-0.25, -0.2) is 17.2 Å². The molecule has 0 aliphatic rings. The van der Waals surface area contributed by atoms with Crippen molar-refractivity contribution in [2.45, 2.75) is 11.8 Å². The molecule has 0 radical (unpaired) electrons. The van der Waals surface area contributed by atoms with Gasteiger partial charge in [-0.2, -0.15) is 0 Å². The first kappa shape index (κ1) is 22.2. The van der Waals surface area contributed by atoms with Crippen molar-refractivity contribution in [3.63, 3.8) is 0 Å². The van der Waals surface area contributed by atoms with E-state index in [9.17, 15) is 22.0 Å². The van der Waals surface area contributed by atoms with Crippen LogP contribution in [0.25, 0.3) is 0 Å². The molecule has 0 aliphatic carbocycles. The highest BCUT2D eigenvalue weighted by Gasteiger charge is 2.27. The number of carbonyl (C=O) groups excluding carboxylic acids is 1. The van der Waals surface area contributed by atoms with Gasteiger partial charge in [0.25, 0.3) is 10.0 Å². The first-order chi connectivity index (χ1) is 14.8. The number of amides is 1. The molecule has 0 unspecified atom stereocenters. The Morgan fingerprint density at radius 3 is 2.23 bits per heavy atom.